The molecule has 0 fully saturated rings. The summed E-state index contributed by atoms with van der Waals surface area (Å²) in [4.78, 5) is 39.8. The van der Waals surface area contributed by atoms with Crippen LogP contribution in [0.4, 0.5) is 20.2 Å². The van der Waals surface area contributed by atoms with Gasteiger partial charge in [0.25, 0.3) is 11.4 Å². The predicted molar refractivity (Wildman–Crippen MR) is 117 cm³/mol. The second-order valence-corrected chi connectivity index (χ2v) is 6.38. The number of methoxy groups -OCH3 is 2. The fourth-order valence-corrected chi connectivity index (χ4v) is 2.21. The van der Waals surface area contributed by atoms with Crippen LogP contribution >= 0.6 is 15.9 Å². The standard InChI is InChI=1S/C10H8FNO4.C6H3BrFNO2.C4H6O2/c1-16-10(13)3-2-7-4-8(11)6-9(5-7)12(14)15;7-4-1-5(8)3-6(2-4)9(10)11;1-3-4(5)6-2/h2-6H,1H3;1-3H;3H,1H2,2H3/b3-2+;;. The summed E-state index contributed by atoms with van der Waals surface area (Å²) in [5.41, 5.74) is -0.404. The number of non-ortho nitro benzene ring substituents is 2. The summed E-state index contributed by atoms with van der Waals surface area (Å²) in [7, 11) is 2.50. The Morgan fingerprint density at radius 2 is 1.39 bits per heavy atom. The Morgan fingerprint density at radius 1 is 0.909 bits per heavy atom. The van der Waals surface area contributed by atoms with Gasteiger partial charge in [-0.2, -0.15) is 0 Å². The third-order valence-electron chi connectivity index (χ3n) is 3.15. The van der Waals surface area contributed by atoms with Crippen LogP contribution in [0.25, 0.3) is 6.08 Å². The zero-order valence-electron chi connectivity index (χ0n) is 17.2. The molecule has 0 bridgehead atoms. The van der Waals surface area contributed by atoms with Crippen molar-refractivity contribution in [1.82, 2.24) is 0 Å². The second-order valence-electron chi connectivity index (χ2n) is 5.47. The fraction of sp³-hybridized carbons (Fsp3) is 0.100. The summed E-state index contributed by atoms with van der Waals surface area (Å²) >= 11 is 2.94. The Morgan fingerprint density at radius 3 is 1.79 bits per heavy atom. The van der Waals surface area contributed by atoms with Gasteiger partial charge in [-0.05, 0) is 23.8 Å². The molecular formula is C20H17BrF2N2O8. The number of rotatable bonds is 5. The third kappa shape index (κ3) is 12.4. The molecule has 0 radical (unpaired) electrons. The van der Waals surface area contributed by atoms with Crippen molar-refractivity contribution in [3.8, 4) is 0 Å². The zero-order chi connectivity index (χ0) is 25.6. The SMILES string of the molecule is C=CC(=O)OC.COC(=O)/C=C/c1cc(F)cc([N+](=O)[O-])c1.O=[N+]([O-])c1cc(F)cc(Br)c1. The Labute approximate surface area is 194 Å². The van der Waals surface area contributed by atoms with Crippen molar-refractivity contribution in [2.75, 3.05) is 14.2 Å². The quantitative estimate of drug-likeness (QED) is 0.233. The van der Waals surface area contributed by atoms with Crippen LogP contribution in [0.3, 0.4) is 0 Å². The van der Waals surface area contributed by atoms with E-state index in [2.05, 4.69) is 32.0 Å². The van der Waals surface area contributed by atoms with Crippen LogP contribution in [0, 0.1) is 31.9 Å². The summed E-state index contributed by atoms with van der Waals surface area (Å²) in [5.74, 6) is -2.37. The lowest BCUT2D eigenvalue weighted by Crippen LogP contribution is -1.94. The Hall–Kier alpha value is -4.00. The summed E-state index contributed by atoms with van der Waals surface area (Å²) in [6.07, 6.45) is 3.40. The molecule has 0 saturated heterocycles. The highest BCUT2D eigenvalue weighted by molar-refractivity contribution is 9.10. The number of carbonyl (C=O) groups excluding carboxylic acids is 2. The number of nitro groups is 2. The molecule has 0 aliphatic rings. The Bertz CT molecular complexity index is 1040. The first-order chi connectivity index (χ1) is 15.4. The van der Waals surface area contributed by atoms with Crippen LogP contribution < -0.4 is 0 Å². The highest BCUT2D eigenvalue weighted by Gasteiger charge is 2.09. The maximum Gasteiger partial charge on any atom is 0.330 e. The van der Waals surface area contributed by atoms with Gasteiger partial charge in [-0.15, -0.1) is 0 Å². The van der Waals surface area contributed by atoms with Crippen LogP contribution in [-0.2, 0) is 19.1 Å². The van der Waals surface area contributed by atoms with Gasteiger partial charge < -0.3 is 9.47 Å². The van der Waals surface area contributed by atoms with Gasteiger partial charge in [0.05, 0.1) is 36.2 Å². The molecule has 2 rings (SSSR count). The molecule has 0 saturated carbocycles. The first kappa shape index (κ1) is 29.0. The lowest BCUT2D eigenvalue weighted by atomic mass is 10.2. The first-order valence-corrected chi connectivity index (χ1v) is 9.24. The van der Waals surface area contributed by atoms with Gasteiger partial charge in [-0.3, -0.25) is 20.2 Å². The monoisotopic (exact) mass is 530 g/mol. The topological polar surface area (TPSA) is 139 Å². The largest absolute Gasteiger partial charge is 0.466 e. The number of hydrogen-bond acceptors (Lipinski definition) is 8. The summed E-state index contributed by atoms with van der Waals surface area (Å²) in [5, 5.41) is 20.5. The number of carbonyl (C=O) groups is 2. The molecule has 0 atom stereocenters. The van der Waals surface area contributed by atoms with E-state index < -0.39 is 33.4 Å². The summed E-state index contributed by atoms with van der Waals surface area (Å²) < 4.78 is 34.2. The summed E-state index contributed by atoms with van der Waals surface area (Å²) in [6.45, 7) is 3.16. The van der Waals surface area contributed by atoms with E-state index >= 15 is 0 Å². The van der Waals surface area contributed by atoms with E-state index in [0.29, 0.717) is 4.47 Å². The molecule has 0 aromatic heterocycles. The highest BCUT2D eigenvalue weighted by Crippen LogP contribution is 2.20. The Balaban J connectivity index is 0.000000520. The molecule has 2 aromatic carbocycles. The molecule has 2 aromatic rings. The van der Waals surface area contributed by atoms with E-state index in [0.717, 1.165) is 42.5 Å². The van der Waals surface area contributed by atoms with Crippen molar-refractivity contribution in [3.05, 3.63) is 97.0 Å². The van der Waals surface area contributed by atoms with E-state index in [1.54, 1.807) is 0 Å². The molecular weight excluding hydrogens is 514 g/mol. The summed E-state index contributed by atoms with van der Waals surface area (Å²) in [6, 6.07) is 6.30. The molecule has 33 heavy (non-hydrogen) atoms. The molecule has 0 N–H and O–H groups in total. The molecule has 176 valence electrons. The Kier molecular flexibility index (Phi) is 13.1. The number of esters is 2. The van der Waals surface area contributed by atoms with Crippen LogP contribution in [0.1, 0.15) is 5.56 Å². The molecule has 10 nitrogen and oxygen atoms in total. The molecule has 0 heterocycles. The highest BCUT2D eigenvalue weighted by atomic mass is 79.9. The van der Waals surface area contributed by atoms with Gasteiger partial charge in [-0.25, -0.2) is 18.4 Å². The van der Waals surface area contributed by atoms with Crippen molar-refractivity contribution < 1.29 is 37.7 Å². The van der Waals surface area contributed by atoms with Gasteiger partial charge >= 0.3 is 11.9 Å². The maximum absolute atomic E-state index is 12.9. The van der Waals surface area contributed by atoms with Crippen molar-refractivity contribution in [3.63, 3.8) is 0 Å². The molecule has 0 unspecified atom stereocenters. The number of hydrogen-bond donors (Lipinski definition) is 0. The number of benzene rings is 2. The van der Waals surface area contributed by atoms with Gasteiger partial charge in [-0.1, -0.05) is 22.5 Å². The van der Waals surface area contributed by atoms with E-state index in [1.807, 2.05) is 0 Å². The molecule has 0 aliphatic heterocycles. The molecule has 0 amide bonds. The van der Waals surface area contributed by atoms with Gasteiger partial charge in [0.15, 0.2) is 0 Å². The maximum atomic E-state index is 12.9. The predicted octanol–water partition coefficient (Wildman–Crippen LogP) is 4.76. The van der Waals surface area contributed by atoms with Crippen molar-refractivity contribution in [2.24, 2.45) is 0 Å². The minimum atomic E-state index is -0.737. The van der Waals surface area contributed by atoms with Crippen molar-refractivity contribution in [2.45, 2.75) is 0 Å². The van der Waals surface area contributed by atoms with Crippen LogP contribution in [0.5, 0.6) is 0 Å². The fourth-order valence-electron chi connectivity index (χ4n) is 1.76. The van der Waals surface area contributed by atoms with Gasteiger partial charge in [0.1, 0.15) is 11.6 Å². The lowest BCUT2D eigenvalue weighted by Gasteiger charge is -1.96. The van der Waals surface area contributed by atoms with E-state index in [1.165, 1.54) is 26.4 Å². The molecule has 0 spiro atoms. The number of nitrogens with zero attached hydrogens (tertiary/aromatic N) is 2. The minimum absolute atomic E-state index is 0.220. The normalized spacial score (nSPS) is 9.48. The average molecular weight is 531 g/mol. The number of halogens is 3. The average Bonchev–Trinajstić information content (AvgIpc) is 2.76. The van der Waals surface area contributed by atoms with E-state index in [4.69, 9.17) is 0 Å². The first-order valence-electron chi connectivity index (χ1n) is 8.45. The van der Waals surface area contributed by atoms with E-state index in [-0.39, 0.29) is 16.9 Å². The number of nitro benzene ring substituents is 2. The van der Waals surface area contributed by atoms with Crippen LogP contribution in [-0.4, -0.2) is 36.0 Å². The van der Waals surface area contributed by atoms with Crippen molar-refractivity contribution in [1.29, 1.82) is 0 Å². The van der Waals surface area contributed by atoms with Crippen LogP contribution in [0.15, 0.2) is 59.6 Å². The zero-order valence-corrected chi connectivity index (χ0v) is 18.8. The smallest absolute Gasteiger partial charge is 0.330 e. The van der Waals surface area contributed by atoms with E-state index in [9.17, 15) is 38.6 Å². The minimum Gasteiger partial charge on any atom is -0.466 e. The third-order valence-corrected chi connectivity index (χ3v) is 3.61. The van der Waals surface area contributed by atoms with Crippen LogP contribution in [0.2, 0.25) is 0 Å². The van der Waals surface area contributed by atoms with Gasteiger partial charge in [0.2, 0.25) is 0 Å². The molecule has 0 aliphatic carbocycles. The van der Waals surface area contributed by atoms with Gasteiger partial charge in [0, 0.05) is 28.8 Å². The molecule has 13 heteroatoms. The van der Waals surface area contributed by atoms with Crippen molar-refractivity contribution >= 4 is 45.3 Å². The number of ether oxygens (including phenoxy) is 2. The second kappa shape index (κ2) is 14.9. The lowest BCUT2D eigenvalue weighted by molar-refractivity contribution is -0.385.